The number of nitrogens with one attached hydrogen (secondary N) is 1. The van der Waals surface area contributed by atoms with Crippen LogP contribution in [0.15, 0.2) is 11.2 Å². The summed E-state index contributed by atoms with van der Waals surface area (Å²) in [6, 6.07) is 0. The summed E-state index contributed by atoms with van der Waals surface area (Å²) in [7, 11) is 1.91. The van der Waals surface area contributed by atoms with Crippen molar-refractivity contribution in [2.24, 2.45) is 10.4 Å². The largest absolute Gasteiger partial charge is 0.356 e. The van der Waals surface area contributed by atoms with E-state index in [1.54, 1.807) is 0 Å². The van der Waals surface area contributed by atoms with Crippen molar-refractivity contribution in [2.45, 2.75) is 58.3 Å². The SMILES string of the molecule is CCc1cnc(CCNC(=NC)N2CCC3(CCCCC3)C2)s1. The van der Waals surface area contributed by atoms with Crippen molar-refractivity contribution in [1.29, 1.82) is 0 Å². The zero-order valence-electron chi connectivity index (χ0n) is 14.6. The molecule has 0 atom stereocenters. The van der Waals surface area contributed by atoms with Crippen molar-refractivity contribution >= 4 is 17.3 Å². The monoisotopic (exact) mass is 334 g/mol. The quantitative estimate of drug-likeness (QED) is 0.677. The average molecular weight is 335 g/mol. The Kier molecular flexibility index (Phi) is 5.57. The molecule has 2 aliphatic rings. The van der Waals surface area contributed by atoms with E-state index in [-0.39, 0.29) is 0 Å². The van der Waals surface area contributed by atoms with Gasteiger partial charge in [0.1, 0.15) is 0 Å². The Labute approximate surface area is 144 Å². The van der Waals surface area contributed by atoms with Gasteiger partial charge in [-0.05, 0) is 31.1 Å². The highest BCUT2D eigenvalue weighted by atomic mass is 32.1. The van der Waals surface area contributed by atoms with Crippen LogP contribution < -0.4 is 5.32 Å². The number of aliphatic imine (C=N–C) groups is 1. The first-order valence-electron chi connectivity index (χ1n) is 9.14. The molecule has 2 fully saturated rings. The topological polar surface area (TPSA) is 40.5 Å². The van der Waals surface area contributed by atoms with Gasteiger partial charge >= 0.3 is 0 Å². The van der Waals surface area contributed by atoms with Crippen LogP contribution in [0.3, 0.4) is 0 Å². The summed E-state index contributed by atoms with van der Waals surface area (Å²) in [5, 5.41) is 4.78. The van der Waals surface area contributed by atoms with E-state index in [4.69, 9.17) is 0 Å². The maximum Gasteiger partial charge on any atom is 0.193 e. The van der Waals surface area contributed by atoms with E-state index in [0.717, 1.165) is 31.9 Å². The molecule has 1 aliphatic heterocycles. The minimum absolute atomic E-state index is 0.585. The number of hydrogen-bond acceptors (Lipinski definition) is 3. The Morgan fingerprint density at radius 2 is 2.17 bits per heavy atom. The lowest BCUT2D eigenvalue weighted by molar-refractivity contribution is 0.203. The second-order valence-electron chi connectivity index (χ2n) is 7.03. The van der Waals surface area contributed by atoms with E-state index >= 15 is 0 Å². The molecule has 1 N–H and O–H groups in total. The number of aromatic nitrogens is 1. The number of nitrogens with zero attached hydrogens (tertiary/aromatic N) is 3. The van der Waals surface area contributed by atoms with Gasteiger partial charge in [0.05, 0.1) is 5.01 Å². The Balaban J connectivity index is 1.48. The molecule has 1 saturated heterocycles. The molecule has 2 heterocycles. The van der Waals surface area contributed by atoms with Crippen LogP contribution in [-0.4, -0.2) is 42.5 Å². The first kappa shape index (κ1) is 16.7. The second-order valence-corrected chi connectivity index (χ2v) is 8.23. The Bertz CT molecular complexity index is 531. The van der Waals surface area contributed by atoms with E-state index in [1.807, 2.05) is 24.6 Å². The van der Waals surface area contributed by atoms with Crippen molar-refractivity contribution in [3.8, 4) is 0 Å². The molecule has 23 heavy (non-hydrogen) atoms. The van der Waals surface area contributed by atoms with Gasteiger partial charge in [-0.1, -0.05) is 26.2 Å². The van der Waals surface area contributed by atoms with Gasteiger partial charge < -0.3 is 10.2 Å². The number of guanidine groups is 1. The molecule has 0 radical (unpaired) electrons. The third-order valence-electron chi connectivity index (χ3n) is 5.44. The standard InChI is InChI=1S/C18H30N4S/c1-3-15-13-21-16(23-15)7-11-20-17(19-2)22-12-10-18(14-22)8-5-4-6-9-18/h13H,3-12,14H2,1-2H3,(H,19,20). The molecular weight excluding hydrogens is 304 g/mol. The highest BCUT2D eigenvalue weighted by Crippen LogP contribution is 2.43. The van der Waals surface area contributed by atoms with Crippen molar-refractivity contribution < 1.29 is 0 Å². The number of likely N-dealkylation sites (tertiary alicyclic amines) is 1. The lowest BCUT2D eigenvalue weighted by Crippen LogP contribution is -2.42. The first-order valence-corrected chi connectivity index (χ1v) is 9.95. The van der Waals surface area contributed by atoms with Crippen LogP contribution in [0, 0.1) is 5.41 Å². The highest BCUT2D eigenvalue weighted by Gasteiger charge is 2.39. The summed E-state index contributed by atoms with van der Waals surface area (Å²) in [4.78, 5) is 12.9. The molecule has 4 nitrogen and oxygen atoms in total. The molecule has 1 aromatic rings. The molecule has 1 saturated carbocycles. The van der Waals surface area contributed by atoms with Crippen LogP contribution in [0.1, 0.15) is 55.3 Å². The van der Waals surface area contributed by atoms with Gasteiger partial charge in [-0.15, -0.1) is 11.3 Å². The Morgan fingerprint density at radius 3 is 2.87 bits per heavy atom. The van der Waals surface area contributed by atoms with Gasteiger partial charge in [-0.2, -0.15) is 0 Å². The maximum atomic E-state index is 4.52. The van der Waals surface area contributed by atoms with E-state index in [1.165, 1.54) is 55.0 Å². The van der Waals surface area contributed by atoms with Gasteiger partial charge in [-0.25, -0.2) is 4.98 Å². The summed E-state index contributed by atoms with van der Waals surface area (Å²) in [5.74, 6) is 1.08. The molecular formula is C18H30N4S. The predicted octanol–water partition coefficient (Wildman–Crippen LogP) is 3.48. The van der Waals surface area contributed by atoms with Gasteiger partial charge in [-0.3, -0.25) is 4.99 Å². The van der Waals surface area contributed by atoms with E-state index in [0.29, 0.717) is 5.41 Å². The highest BCUT2D eigenvalue weighted by molar-refractivity contribution is 7.11. The molecule has 1 spiro atoms. The van der Waals surface area contributed by atoms with Crippen LogP contribution >= 0.6 is 11.3 Å². The van der Waals surface area contributed by atoms with E-state index in [2.05, 4.69) is 27.1 Å². The third-order valence-corrected chi connectivity index (χ3v) is 6.64. The van der Waals surface area contributed by atoms with Crippen LogP contribution in [-0.2, 0) is 12.8 Å². The van der Waals surface area contributed by atoms with Crippen molar-refractivity contribution in [3.05, 3.63) is 16.1 Å². The van der Waals surface area contributed by atoms with Crippen LogP contribution in [0.5, 0.6) is 0 Å². The fourth-order valence-electron chi connectivity index (χ4n) is 4.07. The smallest absolute Gasteiger partial charge is 0.193 e. The second kappa shape index (κ2) is 7.65. The number of hydrogen-bond donors (Lipinski definition) is 1. The van der Waals surface area contributed by atoms with E-state index in [9.17, 15) is 0 Å². The van der Waals surface area contributed by atoms with Crippen LogP contribution in [0.2, 0.25) is 0 Å². The summed E-state index contributed by atoms with van der Waals surface area (Å²) < 4.78 is 0. The summed E-state index contributed by atoms with van der Waals surface area (Å²) in [6.45, 7) is 5.47. The summed E-state index contributed by atoms with van der Waals surface area (Å²) in [6.07, 6.45) is 12.5. The normalized spacial score (nSPS) is 21.1. The molecule has 1 aromatic heterocycles. The fraction of sp³-hybridized carbons (Fsp3) is 0.778. The minimum atomic E-state index is 0.585. The molecule has 0 amide bonds. The lowest BCUT2D eigenvalue weighted by Gasteiger charge is -2.33. The van der Waals surface area contributed by atoms with Crippen molar-refractivity contribution in [3.63, 3.8) is 0 Å². The minimum Gasteiger partial charge on any atom is -0.356 e. The number of thiazole rings is 1. The summed E-state index contributed by atoms with van der Waals surface area (Å²) in [5.41, 5.74) is 0.585. The van der Waals surface area contributed by atoms with Crippen LogP contribution in [0.25, 0.3) is 0 Å². The number of aryl methyl sites for hydroxylation is 1. The van der Waals surface area contributed by atoms with Gasteiger partial charge in [0.15, 0.2) is 5.96 Å². The molecule has 0 bridgehead atoms. The molecule has 128 valence electrons. The van der Waals surface area contributed by atoms with Gasteiger partial charge in [0.25, 0.3) is 0 Å². The molecule has 5 heteroatoms. The third kappa shape index (κ3) is 4.06. The molecule has 0 unspecified atom stereocenters. The number of rotatable bonds is 4. The van der Waals surface area contributed by atoms with Crippen LogP contribution in [0.4, 0.5) is 0 Å². The van der Waals surface area contributed by atoms with Gasteiger partial charge in [0.2, 0.25) is 0 Å². The first-order chi connectivity index (χ1) is 11.2. The summed E-state index contributed by atoms with van der Waals surface area (Å²) >= 11 is 1.84. The molecule has 1 aliphatic carbocycles. The Morgan fingerprint density at radius 1 is 1.35 bits per heavy atom. The molecule has 3 rings (SSSR count). The average Bonchev–Trinajstić information content (AvgIpc) is 3.20. The Hall–Kier alpha value is -1.10. The zero-order valence-corrected chi connectivity index (χ0v) is 15.4. The predicted molar refractivity (Wildman–Crippen MR) is 98.3 cm³/mol. The van der Waals surface area contributed by atoms with E-state index < -0.39 is 0 Å². The van der Waals surface area contributed by atoms with Gasteiger partial charge in [0, 0.05) is 44.2 Å². The lowest BCUT2D eigenvalue weighted by atomic mass is 9.73. The molecule has 0 aromatic carbocycles. The maximum absolute atomic E-state index is 4.52. The van der Waals surface area contributed by atoms with Crippen molar-refractivity contribution in [1.82, 2.24) is 15.2 Å². The fourth-order valence-corrected chi connectivity index (χ4v) is 4.93. The zero-order chi connectivity index (χ0) is 16.1. The van der Waals surface area contributed by atoms with Crippen molar-refractivity contribution in [2.75, 3.05) is 26.7 Å².